The summed E-state index contributed by atoms with van der Waals surface area (Å²) >= 11 is 0. The molecule has 0 atom stereocenters. The summed E-state index contributed by atoms with van der Waals surface area (Å²) in [5.74, 6) is -1.10. The number of fused-ring (bicyclic) bond motifs is 1. The molecule has 1 aliphatic heterocycles. The molecule has 0 radical (unpaired) electrons. The number of H-pyrrole nitrogens is 1. The van der Waals surface area contributed by atoms with Crippen LogP contribution < -0.4 is 5.56 Å². The lowest BCUT2D eigenvalue weighted by Gasteiger charge is -2.29. The number of aromatic nitrogens is 2. The lowest BCUT2D eigenvalue weighted by Crippen LogP contribution is -2.41. The second-order valence-electron chi connectivity index (χ2n) is 6.01. The number of aromatic amines is 1. The molecule has 1 aromatic heterocycles. The summed E-state index contributed by atoms with van der Waals surface area (Å²) < 4.78 is 6.32. The number of amides is 1. The van der Waals surface area contributed by atoms with E-state index in [1.165, 1.54) is 4.90 Å². The number of hydrogen-bond donors (Lipinski definition) is 2. The molecule has 1 aliphatic rings. The van der Waals surface area contributed by atoms with Gasteiger partial charge in [-0.1, -0.05) is 0 Å². The van der Waals surface area contributed by atoms with Gasteiger partial charge in [0.2, 0.25) is 0 Å². The highest BCUT2D eigenvalue weighted by atomic mass is 16.6. The number of carboxylic acids is 1. The number of carboxylic acid groups (broad SMARTS) is 1. The molecular weight excluding hydrogens is 278 g/mol. The maximum atomic E-state index is 12.1. The Morgan fingerprint density at radius 2 is 2.05 bits per heavy atom. The van der Waals surface area contributed by atoms with Crippen molar-refractivity contribution >= 4 is 12.1 Å². The van der Waals surface area contributed by atoms with Crippen molar-refractivity contribution in [2.45, 2.75) is 45.9 Å². The zero-order valence-electron chi connectivity index (χ0n) is 12.3. The molecule has 2 heterocycles. The second-order valence-corrected chi connectivity index (χ2v) is 6.01. The Hall–Kier alpha value is -2.25. The van der Waals surface area contributed by atoms with Crippen molar-refractivity contribution in [2.75, 3.05) is 6.54 Å². The smallest absolute Gasteiger partial charge is 0.410 e. The highest BCUT2D eigenvalue weighted by molar-refractivity contribution is 5.68. The van der Waals surface area contributed by atoms with Crippen LogP contribution in [0.4, 0.5) is 4.79 Å². The van der Waals surface area contributed by atoms with E-state index in [9.17, 15) is 14.4 Å². The Bertz CT molecular complexity index is 623. The van der Waals surface area contributed by atoms with Crippen LogP contribution in [0.3, 0.4) is 0 Å². The van der Waals surface area contributed by atoms with E-state index in [2.05, 4.69) is 5.10 Å². The van der Waals surface area contributed by atoms with Crippen molar-refractivity contribution in [3.05, 3.63) is 21.6 Å². The van der Waals surface area contributed by atoms with E-state index in [0.717, 1.165) is 4.68 Å². The van der Waals surface area contributed by atoms with Crippen LogP contribution in [0, 0.1) is 0 Å². The first-order chi connectivity index (χ1) is 9.67. The van der Waals surface area contributed by atoms with Gasteiger partial charge in [-0.05, 0) is 20.8 Å². The van der Waals surface area contributed by atoms with E-state index < -0.39 is 29.8 Å². The van der Waals surface area contributed by atoms with Gasteiger partial charge < -0.3 is 14.7 Å². The number of nitrogens with one attached hydrogen (secondary N) is 1. The maximum absolute atomic E-state index is 12.1. The Labute approximate surface area is 121 Å². The largest absolute Gasteiger partial charge is 0.480 e. The van der Waals surface area contributed by atoms with Crippen LogP contribution in [0.15, 0.2) is 4.79 Å². The summed E-state index contributed by atoms with van der Waals surface area (Å²) in [6.07, 6.45) is -0.00489. The molecule has 116 valence electrons. The molecule has 8 heteroatoms. The monoisotopic (exact) mass is 297 g/mol. The standard InChI is InChI=1S/C13H19N3O5/c1-13(2,3)21-12(20)15-5-4-9-8(6-15)11(19)16(14-9)7-10(17)18/h14H,4-7H2,1-3H3,(H,17,18). The van der Waals surface area contributed by atoms with E-state index >= 15 is 0 Å². The lowest BCUT2D eigenvalue weighted by atomic mass is 10.1. The Kier molecular flexibility index (Phi) is 3.80. The van der Waals surface area contributed by atoms with Crippen molar-refractivity contribution in [1.82, 2.24) is 14.7 Å². The molecule has 2 rings (SSSR count). The number of ether oxygens (including phenoxy) is 1. The molecule has 1 aromatic rings. The van der Waals surface area contributed by atoms with Gasteiger partial charge in [0.05, 0.1) is 12.1 Å². The Balaban J connectivity index is 2.17. The molecule has 0 spiro atoms. The summed E-state index contributed by atoms with van der Waals surface area (Å²) in [6.45, 7) is 5.46. The molecule has 8 nitrogen and oxygen atoms in total. The third-order valence-corrected chi connectivity index (χ3v) is 3.06. The van der Waals surface area contributed by atoms with Crippen molar-refractivity contribution in [3.63, 3.8) is 0 Å². The van der Waals surface area contributed by atoms with Gasteiger partial charge >= 0.3 is 12.1 Å². The number of carbonyl (C=O) groups excluding carboxylic acids is 1. The summed E-state index contributed by atoms with van der Waals surface area (Å²) in [5.41, 5.74) is 0.106. The first-order valence-electron chi connectivity index (χ1n) is 6.67. The van der Waals surface area contributed by atoms with Crippen molar-refractivity contribution in [3.8, 4) is 0 Å². The minimum Gasteiger partial charge on any atom is -0.480 e. The average Bonchev–Trinajstić information content (AvgIpc) is 2.63. The van der Waals surface area contributed by atoms with Crippen molar-refractivity contribution < 1.29 is 19.4 Å². The molecule has 2 N–H and O–H groups in total. The van der Waals surface area contributed by atoms with E-state index in [1.54, 1.807) is 20.8 Å². The lowest BCUT2D eigenvalue weighted by molar-refractivity contribution is -0.137. The average molecular weight is 297 g/mol. The summed E-state index contributed by atoms with van der Waals surface area (Å²) in [5, 5.41) is 11.5. The fourth-order valence-corrected chi connectivity index (χ4v) is 2.19. The van der Waals surface area contributed by atoms with Crippen LogP contribution in [0.2, 0.25) is 0 Å². The van der Waals surface area contributed by atoms with Gasteiger partial charge in [-0.2, -0.15) is 0 Å². The predicted molar refractivity (Wildman–Crippen MR) is 73.0 cm³/mol. The minimum absolute atomic E-state index is 0.131. The Morgan fingerprint density at radius 1 is 1.38 bits per heavy atom. The Morgan fingerprint density at radius 3 is 2.62 bits per heavy atom. The van der Waals surface area contributed by atoms with Crippen LogP contribution in [0.5, 0.6) is 0 Å². The number of carbonyl (C=O) groups is 2. The highest BCUT2D eigenvalue weighted by Gasteiger charge is 2.29. The van der Waals surface area contributed by atoms with Crippen LogP contribution in [-0.4, -0.2) is 44.0 Å². The summed E-state index contributed by atoms with van der Waals surface area (Å²) in [7, 11) is 0. The number of nitrogens with zero attached hydrogens (tertiary/aromatic N) is 2. The topological polar surface area (TPSA) is 105 Å². The maximum Gasteiger partial charge on any atom is 0.410 e. The SMILES string of the molecule is CC(C)(C)OC(=O)N1CCc2[nH]n(CC(=O)O)c(=O)c2C1. The molecule has 0 saturated carbocycles. The van der Waals surface area contributed by atoms with Gasteiger partial charge in [0.1, 0.15) is 12.1 Å². The number of hydrogen-bond acceptors (Lipinski definition) is 4. The van der Waals surface area contributed by atoms with Gasteiger partial charge in [-0.3, -0.25) is 14.7 Å². The molecule has 0 unspecified atom stereocenters. The minimum atomic E-state index is -1.10. The zero-order valence-corrected chi connectivity index (χ0v) is 12.3. The van der Waals surface area contributed by atoms with Gasteiger partial charge in [0.25, 0.3) is 5.56 Å². The van der Waals surface area contributed by atoms with Gasteiger partial charge in [-0.25, -0.2) is 9.48 Å². The predicted octanol–water partition coefficient (Wildman–Crippen LogP) is 0.554. The van der Waals surface area contributed by atoms with Crippen molar-refractivity contribution in [1.29, 1.82) is 0 Å². The highest BCUT2D eigenvalue weighted by Crippen LogP contribution is 2.17. The number of rotatable bonds is 2. The molecule has 0 aliphatic carbocycles. The molecule has 0 aromatic carbocycles. The zero-order chi connectivity index (χ0) is 15.8. The molecule has 0 saturated heterocycles. The third-order valence-electron chi connectivity index (χ3n) is 3.06. The van der Waals surface area contributed by atoms with Crippen molar-refractivity contribution in [2.24, 2.45) is 0 Å². The second kappa shape index (κ2) is 5.27. The van der Waals surface area contributed by atoms with E-state index in [4.69, 9.17) is 9.84 Å². The third kappa shape index (κ3) is 3.45. The van der Waals surface area contributed by atoms with Crippen LogP contribution in [0.25, 0.3) is 0 Å². The quantitative estimate of drug-likeness (QED) is 0.829. The van der Waals surface area contributed by atoms with Gasteiger partial charge in [0, 0.05) is 18.7 Å². The fourth-order valence-electron chi connectivity index (χ4n) is 2.19. The first kappa shape index (κ1) is 15.1. The van der Waals surface area contributed by atoms with Crippen LogP contribution in [0.1, 0.15) is 32.0 Å². The fraction of sp³-hybridized carbons (Fsp3) is 0.615. The molecule has 21 heavy (non-hydrogen) atoms. The summed E-state index contributed by atoms with van der Waals surface area (Å²) in [6, 6.07) is 0. The normalized spacial score (nSPS) is 14.7. The molecule has 0 fully saturated rings. The molecule has 0 bridgehead atoms. The van der Waals surface area contributed by atoms with Gasteiger partial charge in [-0.15, -0.1) is 0 Å². The van der Waals surface area contributed by atoms with E-state index in [1.807, 2.05) is 0 Å². The van der Waals surface area contributed by atoms with Crippen LogP contribution in [-0.2, 0) is 29.0 Å². The molecule has 1 amide bonds. The molecular formula is C13H19N3O5. The van der Waals surface area contributed by atoms with E-state index in [0.29, 0.717) is 24.2 Å². The number of aliphatic carboxylic acids is 1. The summed E-state index contributed by atoms with van der Waals surface area (Å²) in [4.78, 5) is 36.3. The van der Waals surface area contributed by atoms with Crippen LogP contribution >= 0.6 is 0 Å². The van der Waals surface area contributed by atoms with Gasteiger partial charge in [0.15, 0.2) is 0 Å². The van der Waals surface area contributed by atoms with E-state index in [-0.39, 0.29) is 6.54 Å². The first-order valence-corrected chi connectivity index (χ1v) is 6.67.